The number of aromatic hydroxyl groups is 2. The van der Waals surface area contributed by atoms with E-state index in [1.807, 2.05) is 31.2 Å². The molecule has 1 saturated heterocycles. The van der Waals surface area contributed by atoms with Crippen molar-refractivity contribution in [1.82, 2.24) is 4.90 Å². The second kappa shape index (κ2) is 15.0. The van der Waals surface area contributed by atoms with E-state index in [9.17, 15) is 19.8 Å². The highest BCUT2D eigenvalue weighted by molar-refractivity contribution is 5.79. The van der Waals surface area contributed by atoms with E-state index >= 15 is 0 Å². The molecule has 0 saturated carbocycles. The number of hydrogen-bond donors (Lipinski definition) is 2. The number of carbonyl (C=O) groups is 2. The number of carbonyl (C=O) groups excluding carboxylic acids is 2. The first-order chi connectivity index (χ1) is 23.4. The minimum Gasteiger partial charge on any atom is -0.508 e. The van der Waals surface area contributed by atoms with Gasteiger partial charge in [0.15, 0.2) is 6.23 Å². The summed E-state index contributed by atoms with van der Waals surface area (Å²) in [4.78, 5) is 30.6. The lowest BCUT2D eigenvalue weighted by Crippen LogP contribution is -2.66. The van der Waals surface area contributed by atoms with E-state index in [1.54, 1.807) is 12.1 Å². The van der Waals surface area contributed by atoms with Gasteiger partial charge in [0.25, 0.3) is 0 Å². The quantitative estimate of drug-likeness (QED) is 0.249. The summed E-state index contributed by atoms with van der Waals surface area (Å²) in [5.41, 5.74) is 1.43. The van der Waals surface area contributed by atoms with Crippen molar-refractivity contribution >= 4 is 11.9 Å². The van der Waals surface area contributed by atoms with Gasteiger partial charge in [-0.2, -0.15) is 0 Å². The Bertz CT molecular complexity index is 1580. The number of phenols is 2. The molecule has 2 aromatic rings. The first-order valence-corrected chi connectivity index (χ1v) is 19.2. The number of nitrogens with zero attached hydrogens (tertiary/aromatic N) is 1. The third-order valence-corrected chi connectivity index (χ3v) is 11.4. The van der Waals surface area contributed by atoms with Crippen molar-refractivity contribution in [2.24, 2.45) is 16.2 Å². The molecule has 0 aromatic heterocycles. The van der Waals surface area contributed by atoms with Gasteiger partial charge in [0.05, 0.1) is 11.8 Å². The van der Waals surface area contributed by atoms with Crippen molar-refractivity contribution in [2.45, 2.75) is 178 Å². The van der Waals surface area contributed by atoms with Crippen LogP contribution in [0.4, 0.5) is 0 Å². The maximum absolute atomic E-state index is 14.2. The molecule has 2 aromatic carbocycles. The number of likely N-dealkylation sites (tertiary alicyclic amines) is 1. The molecule has 0 amide bonds. The van der Waals surface area contributed by atoms with Crippen LogP contribution in [0.1, 0.15) is 171 Å². The van der Waals surface area contributed by atoms with Crippen molar-refractivity contribution in [1.29, 1.82) is 0 Å². The predicted octanol–water partition coefficient (Wildman–Crippen LogP) is 10.7. The summed E-state index contributed by atoms with van der Waals surface area (Å²) < 4.78 is 12.9. The van der Waals surface area contributed by atoms with Gasteiger partial charge in [0.1, 0.15) is 17.6 Å². The van der Waals surface area contributed by atoms with Crippen molar-refractivity contribution in [3.63, 3.8) is 0 Å². The first kappa shape index (κ1) is 43.3. The van der Waals surface area contributed by atoms with Gasteiger partial charge in [-0.25, -0.2) is 0 Å². The van der Waals surface area contributed by atoms with E-state index in [-0.39, 0.29) is 51.2 Å². The summed E-state index contributed by atoms with van der Waals surface area (Å²) in [5, 5.41) is 21.3. The van der Waals surface area contributed by atoms with Crippen molar-refractivity contribution in [3.8, 4) is 11.5 Å². The molecule has 0 bridgehead atoms. The Labute approximate surface area is 315 Å². The topological polar surface area (TPSA) is 96.3 Å². The average molecular weight is 722 g/mol. The van der Waals surface area contributed by atoms with E-state index in [4.69, 9.17) is 9.47 Å². The monoisotopic (exact) mass is 722 g/mol. The van der Waals surface area contributed by atoms with Crippen LogP contribution in [0.2, 0.25) is 0 Å². The van der Waals surface area contributed by atoms with Crippen LogP contribution in [-0.2, 0) is 29.9 Å². The lowest BCUT2D eigenvalue weighted by atomic mass is 9.65. The molecule has 0 aliphatic carbocycles. The average Bonchev–Trinajstić information content (AvgIpc) is 2.95. The van der Waals surface area contributed by atoms with E-state index in [0.29, 0.717) is 25.8 Å². The molecule has 0 radical (unpaired) electrons. The zero-order chi connectivity index (χ0) is 40.0. The maximum atomic E-state index is 14.2. The van der Waals surface area contributed by atoms with Crippen LogP contribution in [0.5, 0.6) is 11.5 Å². The summed E-state index contributed by atoms with van der Waals surface area (Å²) in [7, 11) is 0. The van der Waals surface area contributed by atoms with Gasteiger partial charge in [-0.05, 0) is 96.1 Å². The Morgan fingerprint density at radius 2 is 1.13 bits per heavy atom. The highest BCUT2D eigenvalue weighted by Crippen LogP contribution is 2.48. The Kier molecular flexibility index (Phi) is 12.5. The van der Waals surface area contributed by atoms with Crippen LogP contribution in [0.15, 0.2) is 36.4 Å². The molecule has 1 heterocycles. The number of piperidine rings is 1. The number of ether oxygens (including phenoxy) is 2. The summed E-state index contributed by atoms with van der Waals surface area (Å²) in [6.07, 6.45) is 0.893. The summed E-state index contributed by atoms with van der Waals surface area (Å²) >= 11 is 0. The van der Waals surface area contributed by atoms with Gasteiger partial charge in [0, 0.05) is 17.5 Å². The number of hydrogen-bond acceptors (Lipinski definition) is 7. The smallest absolute Gasteiger partial charge is 0.314 e. The van der Waals surface area contributed by atoms with Gasteiger partial charge < -0.3 is 19.7 Å². The Morgan fingerprint density at radius 1 is 0.731 bits per heavy atom. The molecule has 1 aliphatic rings. The summed E-state index contributed by atoms with van der Waals surface area (Å²) in [6, 6.07) is 11.0. The van der Waals surface area contributed by atoms with Crippen LogP contribution >= 0.6 is 0 Å². The highest BCUT2D eigenvalue weighted by Gasteiger charge is 2.54. The standard InChI is InChI=1S/C45H71NO6/c1-28(51-38(49)31(26-40(2,3)4)29-18-20-35(47)33(24-29)42(8,9)10)46-23-22-37(44(14,15)45(46,16)17)52-39(50)32(27-41(5,6)7)30-19-21-36(48)34(25-30)43(11,12)13/h18-21,24-25,28,31-32,37,47-48H,22-23,26-27H2,1-17H3. The Balaban J connectivity index is 1.88. The largest absolute Gasteiger partial charge is 0.508 e. The van der Waals surface area contributed by atoms with Crippen LogP contribution in [0.3, 0.4) is 0 Å². The van der Waals surface area contributed by atoms with Gasteiger partial charge in [0.2, 0.25) is 0 Å². The minimum atomic E-state index is -0.526. The number of benzene rings is 2. The second-order valence-corrected chi connectivity index (χ2v) is 20.9. The molecular formula is C45H71NO6. The third kappa shape index (κ3) is 10.1. The van der Waals surface area contributed by atoms with Crippen LogP contribution in [0, 0.1) is 16.2 Å². The van der Waals surface area contributed by atoms with Crippen molar-refractivity contribution in [2.75, 3.05) is 6.54 Å². The molecule has 7 nitrogen and oxygen atoms in total. The predicted molar refractivity (Wildman–Crippen MR) is 212 cm³/mol. The van der Waals surface area contributed by atoms with Crippen LogP contribution in [0.25, 0.3) is 0 Å². The van der Waals surface area contributed by atoms with Gasteiger partial charge in [-0.15, -0.1) is 0 Å². The van der Waals surface area contributed by atoms with Gasteiger partial charge in [-0.3, -0.25) is 14.5 Å². The molecule has 0 spiro atoms. The number of phenolic OH excluding ortho intramolecular Hbond substituents is 2. The molecule has 52 heavy (non-hydrogen) atoms. The molecule has 2 N–H and O–H groups in total. The summed E-state index contributed by atoms with van der Waals surface area (Å²) in [6.45, 7) is 36.1. The molecule has 292 valence electrons. The lowest BCUT2D eigenvalue weighted by Gasteiger charge is -2.57. The normalized spacial score (nSPS) is 20.1. The van der Waals surface area contributed by atoms with Crippen molar-refractivity contribution < 1.29 is 29.3 Å². The summed E-state index contributed by atoms with van der Waals surface area (Å²) in [5.74, 6) is -1.08. The van der Waals surface area contributed by atoms with Gasteiger partial charge in [-0.1, -0.05) is 121 Å². The van der Waals surface area contributed by atoms with E-state index in [1.165, 1.54) is 0 Å². The maximum Gasteiger partial charge on any atom is 0.314 e. The lowest BCUT2D eigenvalue weighted by molar-refractivity contribution is -0.201. The SMILES string of the molecule is CC(OC(=O)C(CC(C)(C)C)c1ccc(O)c(C(C)(C)C)c1)N1CCC(OC(=O)C(CC(C)(C)C)c2ccc(O)c(C(C)(C)C)c2)C(C)(C)C1(C)C. The Hall–Kier alpha value is -3.06. The zero-order valence-electron chi connectivity index (χ0n) is 35.6. The molecule has 3 rings (SSSR count). The number of esters is 2. The van der Waals surface area contributed by atoms with Crippen molar-refractivity contribution in [3.05, 3.63) is 58.7 Å². The molecule has 4 atom stereocenters. The molecule has 1 aliphatic heterocycles. The van der Waals surface area contributed by atoms with Gasteiger partial charge >= 0.3 is 11.9 Å². The minimum absolute atomic E-state index is 0.139. The fraction of sp³-hybridized carbons (Fsp3) is 0.689. The molecule has 1 fully saturated rings. The fourth-order valence-corrected chi connectivity index (χ4v) is 7.68. The first-order valence-electron chi connectivity index (χ1n) is 19.2. The molecule has 7 heteroatoms. The van der Waals surface area contributed by atoms with E-state index in [2.05, 4.69) is 116 Å². The van der Waals surface area contributed by atoms with Crippen LogP contribution in [-0.4, -0.2) is 51.5 Å². The third-order valence-electron chi connectivity index (χ3n) is 11.4. The zero-order valence-corrected chi connectivity index (χ0v) is 35.6. The number of rotatable bonds is 9. The Morgan fingerprint density at radius 3 is 1.52 bits per heavy atom. The fourth-order valence-electron chi connectivity index (χ4n) is 7.68. The molecular weight excluding hydrogens is 650 g/mol. The second-order valence-electron chi connectivity index (χ2n) is 20.9. The van der Waals surface area contributed by atoms with E-state index < -0.39 is 29.0 Å². The van der Waals surface area contributed by atoms with E-state index in [0.717, 1.165) is 22.3 Å². The van der Waals surface area contributed by atoms with Crippen LogP contribution < -0.4 is 0 Å². The highest BCUT2D eigenvalue weighted by atomic mass is 16.6. The molecule has 4 unspecified atom stereocenters.